The number of amides is 1. The van der Waals surface area contributed by atoms with E-state index in [4.69, 9.17) is 4.42 Å². The number of carbonyl (C=O) groups is 1. The second-order valence-corrected chi connectivity index (χ2v) is 8.43. The highest BCUT2D eigenvalue weighted by atomic mass is 32.2. The number of nitrogens with zero attached hydrogens (tertiary/aromatic N) is 2. The average Bonchev–Trinajstić information content (AvgIpc) is 3.10. The van der Waals surface area contributed by atoms with Gasteiger partial charge in [0.25, 0.3) is 10.0 Å². The van der Waals surface area contributed by atoms with E-state index in [0.29, 0.717) is 29.3 Å². The topological polar surface area (TPSA) is 92.0 Å². The molecule has 0 atom stereocenters. The fourth-order valence-electron chi connectivity index (χ4n) is 3.31. The van der Waals surface area contributed by atoms with Crippen LogP contribution in [0.25, 0.3) is 0 Å². The number of nitrogens with one attached hydrogen (secondary N) is 1. The lowest BCUT2D eigenvalue weighted by molar-refractivity contribution is -0.122. The third-order valence-corrected chi connectivity index (χ3v) is 6.26. The van der Waals surface area contributed by atoms with Crippen molar-refractivity contribution < 1.29 is 17.6 Å². The maximum absolute atomic E-state index is 12.8. The van der Waals surface area contributed by atoms with Crippen LogP contribution in [0.1, 0.15) is 38.2 Å². The van der Waals surface area contributed by atoms with E-state index < -0.39 is 10.0 Å². The van der Waals surface area contributed by atoms with Gasteiger partial charge in [-0.25, -0.2) is 0 Å². The number of fused-ring (bicyclic) bond motifs is 1. The van der Waals surface area contributed by atoms with E-state index in [2.05, 4.69) is 9.71 Å². The van der Waals surface area contributed by atoms with Gasteiger partial charge in [-0.2, -0.15) is 8.42 Å². The van der Waals surface area contributed by atoms with Crippen LogP contribution >= 0.6 is 0 Å². The zero-order valence-electron chi connectivity index (χ0n) is 15.0. The summed E-state index contributed by atoms with van der Waals surface area (Å²) in [5, 5.41) is 2.83. The lowest BCUT2D eigenvalue weighted by Gasteiger charge is -2.30. The monoisotopic (exact) mass is 387 g/mol. The largest absolute Gasteiger partial charge is 0.472 e. The molecule has 1 saturated carbocycles. The van der Waals surface area contributed by atoms with Gasteiger partial charge in [0, 0.05) is 18.2 Å². The molecule has 0 spiro atoms. The number of furan rings is 1. The molecular formula is C19H21N3O4S. The zero-order chi connectivity index (χ0) is 19.0. The first kappa shape index (κ1) is 17.8. The number of benzene rings is 1. The molecule has 0 radical (unpaired) electrons. The average molecular weight is 387 g/mol. The molecule has 2 aromatic rings. The number of sulfonamides is 1. The molecule has 7 nitrogen and oxygen atoms in total. The molecule has 4 rings (SSSR count). The Balaban J connectivity index is 1.73. The molecule has 0 unspecified atom stereocenters. The molecule has 1 aliphatic carbocycles. The minimum absolute atomic E-state index is 0.0277. The molecule has 8 heteroatoms. The van der Waals surface area contributed by atoms with Gasteiger partial charge in [-0.1, -0.05) is 13.3 Å². The molecule has 1 aromatic carbocycles. The van der Waals surface area contributed by atoms with Gasteiger partial charge in [0.05, 0.1) is 17.5 Å². The summed E-state index contributed by atoms with van der Waals surface area (Å²) in [6.07, 6.45) is 6.62. The normalized spacial score (nSPS) is 18.4. The SMILES string of the molecule is CCCN1C(c2ccoc2)=NS(=O)(=O)c2cc(NC(=O)C3CCC3)ccc21. The van der Waals surface area contributed by atoms with E-state index in [1.807, 2.05) is 11.8 Å². The molecule has 0 bridgehead atoms. The van der Waals surface area contributed by atoms with Crippen LogP contribution in [0.4, 0.5) is 11.4 Å². The van der Waals surface area contributed by atoms with Gasteiger partial charge in [0.15, 0.2) is 5.84 Å². The number of carbonyl (C=O) groups excluding carboxylic acids is 1. The first-order valence-electron chi connectivity index (χ1n) is 9.09. The van der Waals surface area contributed by atoms with Crippen LogP contribution in [0.15, 0.2) is 50.5 Å². The lowest BCUT2D eigenvalue weighted by Crippen LogP contribution is -2.37. The number of hydrogen-bond donors (Lipinski definition) is 1. The van der Waals surface area contributed by atoms with Crippen molar-refractivity contribution in [2.75, 3.05) is 16.8 Å². The predicted octanol–water partition coefficient (Wildman–Crippen LogP) is 3.38. The summed E-state index contributed by atoms with van der Waals surface area (Å²) < 4.78 is 34.7. The standard InChI is InChI=1S/C19H21N3O4S/c1-2-9-22-16-7-6-15(20-19(23)13-4-3-5-13)11-17(16)27(24,25)21-18(22)14-8-10-26-12-14/h6-8,10-13H,2-5,9H2,1H3,(H,20,23). The molecule has 1 amide bonds. The van der Waals surface area contributed by atoms with Crippen molar-refractivity contribution in [3.8, 4) is 0 Å². The third kappa shape index (κ3) is 3.25. The third-order valence-electron chi connectivity index (χ3n) is 4.96. The van der Waals surface area contributed by atoms with Crippen molar-refractivity contribution in [3.05, 3.63) is 42.4 Å². The Morgan fingerprint density at radius 2 is 2.15 bits per heavy atom. The molecule has 1 aromatic heterocycles. The molecule has 2 aliphatic rings. The van der Waals surface area contributed by atoms with Crippen LogP contribution in [-0.4, -0.2) is 26.7 Å². The Kier molecular flexibility index (Phi) is 4.51. The summed E-state index contributed by atoms with van der Waals surface area (Å²) in [6, 6.07) is 6.66. The second-order valence-electron chi connectivity index (χ2n) is 6.85. The van der Waals surface area contributed by atoms with Crippen molar-refractivity contribution in [2.45, 2.75) is 37.5 Å². The first-order valence-corrected chi connectivity index (χ1v) is 10.5. The number of hydrogen-bond acceptors (Lipinski definition) is 5. The van der Waals surface area contributed by atoms with E-state index in [1.165, 1.54) is 18.6 Å². The number of amidine groups is 1. The summed E-state index contributed by atoms with van der Waals surface area (Å²) in [5.41, 5.74) is 1.65. The predicted molar refractivity (Wildman–Crippen MR) is 102 cm³/mol. The molecule has 2 heterocycles. The van der Waals surface area contributed by atoms with Crippen molar-refractivity contribution in [2.24, 2.45) is 10.3 Å². The smallest absolute Gasteiger partial charge is 0.286 e. The van der Waals surface area contributed by atoms with Gasteiger partial charge < -0.3 is 14.6 Å². The second kappa shape index (κ2) is 6.84. The van der Waals surface area contributed by atoms with Crippen molar-refractivity contribution >= 4 is 33.1 Å². The van der Waals surface area contributed by atoms with Crippen LogP contribution < -0.4 is 10.2 Å². The summed E-state index contributed by atoms with van der Waals surface area (Å²) in [7, 11) is -3.89. The maximum Gasteiger partial charge on any atom is 0.286 e. The van der Waals surface area contributed by atoms with Crippen LogP contribution in [0, 0.1) is 5.92 Å². The van der Waals surface area contributed by atoms with E-state index in [9.17, 15) is 13.2 Å². The first-order chi connectivity index (χ1) is 13.0. The van der Waals surface area contributed by atoms with Crippen molar-refractivity contribution in [1.29, 1.82) is 0 Å². The van der Waals surface area contributed by atoms with Crippen LogP contribution in [0.5, 0.6) is 0 Å². The minimum atomic E-state index is -3.89. The lowest BCUT2D eigenvalue weighted by atomic mass is 9.85. The molecule has 1 fully saturated rings. The highest BCUT2D eigenvalue weighted by Gasteiger charge is 2.32. The molecule has 0 saturated heterocycles. The van der Waals surface area contributed by atoms with Crippen LogP contribution in [0.2, 0.25) is 0 Å². The van der Waals surface area contributed by atoms with Crippen molar-refractivity contribution in [3.63, 3.8) is 0 Å². The van der Waals surface area contributed by atoms with Crippen molar-refractivity contribution in [1.82, 2.24) is 0 Å². The van der Waals surface area contributed by atoms with Gasteiger partial charge in [-0.15, -0.1) is 4.40 Å². The van der Waals surface area contributed by atoms with E-state index in [0.717, 1.165) is 25.7 Å². The highest BCUT2D eigenvalue weighted by Crippen LogP contribution is 2.36. The fourth-order valence-corrected chi connectivity index (χ4v) is 4.56. The van der Waals surface area contributed by atoms with Gasteiger partial charge in [-0.3, -0.25) is 4.79 Å². The van der Waals surface area contributed by atoms with E-state index in [-0.39, 0.29) is 16.7 Å². The molecule has 142 valence electrons. The molecule has 1 N–H and O–H groups in total. The van der Waals surface area contributed by atoms with Crippen LogP contribution in [0.3, 0.4) is 0 Å². The minimum Gasteiger partial charge on any atom is -0.472 e. The van der Waals surface area contributed by atoms with Crippen LogP contribution in [-0.2, 0) is 14.8 Å². The summed E-state index contributed by atoms with van der Waals surface area (Å²) in [5.74, 6) is 0.326. The Hall–Kier alpha value is -2.61. The maximum atomic E-state index is 12.8. The summed E-state index contributed by atoms with van der Waals surface area (Å²) in [4.78, 5) is 14.2. The number of anilines is 2. The van der Waals surface area contributed by atoms with Gasteiger partial charge >= 0.3 is 0 Å². The van der Waals surface area contributed by atoms with E-state index in [1.54, 1.807) is 18.2 Å². The summed E-state index contributed by atoms with van der Waals surface area (Å²) >= 11 is 0. The molecular weight excluding hydrogens is 366 g/mol. The Bertz CT molecular complexity index is 992. The highest BCUT2D eigenvalue weighted by molar-refractivity contribution is 7.90. The zero-order valence-corrected chi connectivity index (χ0v) is 15.8. The van der Waals surface area contributed by atoms with E-state index >= 15 is 0 Å². The Morgan fingerprint density at radius 3 is 2.78 bits per heavy atom. The summed E-state index contributed by atoms with van der Waals surface area (Å²) in [6.45, 7) is 2.63. The fraction of sp³-hybridized carbons (Fsp3) is 0.368. The Labute approximate surface area is 158 Å². The quantitative estimate of drug-likeness (QED) is 0.849. The number of rotatable bonds is 5. The molecule has 27 heavy (non-hydrogen) atoms. The van der Waals surface area contributed by atoms with Gasteiger partial charge in [0.2, 0.25) is 5.91 Å². The van der Waals surface area contributed by atoms with Gasteiger partial charge in [0.1, 0.15) is 11.2 Å². The molecule has 1 aliphatic heterocycles. The Morgan fingerprint density at radius 1 is 1.33 bits per heavy atom. The van der Waals surface area contributed by atoms with Gasteiger partial charge in [-0.05, 0) is 43.5 Å².